The predicted molar refractivity (Wildman–Crippen MR) is 63.6 cm³/mol. The molecule has 0 amide bonds. The van der Waals surface area contributed by atoms with E-state index >= 15 is 0 Å². The van der Waals surface area contributed by atoms with Crippen molar-refractivity contribution in [2.45, 2.75) is 39.3 Å². The Bertz CT molecular complexity index is 438. The van der Waals surface area contributed by atoms with Gasteiger partial charge in [0.25, 0.3) is 5.89 Å². The minimum atomic E-state index is -1.11. The summed E-state index contributed by atoms with van der Waals surface area (Å²) in [6.45, 7) is 6.81. The molecule has 0 aliphatic carbocycles. The summed E-state index contributed by atoms with van der Waals surface area (Å²) >= 11 is 0. The molecular weight excluding hydrogens is 239 g/mol. The van der Waals surface area contributed by atoms with E-state index in [1.165, 1.54) is 19.1 Å². The molecule has 0 spiro atoms. The Labute approximate surface area is 105 Å². The van der Waals surface area contributed by atoms with E-state index in [-0.39, 0.29) is 11.7 Å². The smallest absolute Gasteiger partial charge is 0.330 e. The highest BCUT2D eigenvalue weighted by molar-refractivity contribution is 5.86. The normalized spacial score (nSPS) is 13.8. The number of hydrogen-bond acceptors (Lipinski definition) is 5. The molecular formula is C12H17FN2O3. The fourth-order valence-electron chi connectivity index (χ4n) is 1.07. The summed E-state index contributed by atoms with van der Waals surface area (Å²) in [6.07, 6.45) is 1.41. The zero-order chi connectivity index (χ0) is 13.8. The second kappa shape index (κ2) is 5.75. The number of carbonyl (C=O) groups excluding carboxylic acids is 1. The Morgan fingerprint density at radius 1 is 1.61 bits per heavy atom. The van der Waals surface area contributed by atoms with Gasteiger partial charge in [0.15, 0.2) is 5.82 Å². The van der Waals surface area contributed by atoms with Crippen molar-refractivity contribution < 1.29 is 18.4 Å². The molecule has 0 aliphatic rings. The number of esters is 1. The fourth-order valence-corrected chi connectivity index (χ4v) is 1.07. The molecule has 100 valence electrons. The first-order chi connectivity index (χ1) is 8.37. The lowest BCUT2D eigenvalue weighted by atomic mass is 9.88. The standard InChI is InChI=1S/C12H17FN2O3/c1-5-17-10(16)7-6-9-14-11(15-18-9)12(3,4)8(2)13/h6-8H,5H2,1-4H3/b7-6+. The molecule has 0 saturated carbocycles. The summed E-state index contributed by atoms with van der Waals surface area (Å²) in [6, 6.07) is 0. The minimum Gasteiger partial charge on any atom is -0.463 e. The Kier molecular flexibility index (Phi) is 4.58. The van der Waals surface area contributed by atoms with Crippen LogP contribution >= 0.6 is 0 Å². The third-order valence-electron chi connectivity index (χ3n) is 2.66. The Morgan fingerprint density at radius 3 is 2.83 bits per heavy atom. The molecule has 0 fully saturated rings. The molecule has 6 heteroatoms. The number of rotatable bonds is 5. The molecule has 0 aromatic carbocycles. The third kappa shape index (κ3) is 3.38. The SMILES string of the molecule is CCOC(=O)/C=C/c1nc(C(C)(C)C(C)F)no1. The van der Waals surface area contributed by atoms with Crippen LogP contribution in [0.2, 0.25) is 0 Å². The molecule has 0 N–H and O–H groups in total. The van der Waals surface area contributed by atoms with Crippen molar-refractivity contribution in [3.63, 3.8) is 0 Å². The van der Waals surface area contributed by atoms with Crippen LogP contribution < -0.4 is 0 Å². The van der Waals surface area contributed by atoms with E-state index in [4.69, 9.17) is 9.26 Å². The van der Waals surface area contributed by atoms with Crippen molar-refractivity contribution in [1.82, 2.24) is 10.1 Å². The topological polar surface area (TPSA) is 65.2 Å². The second-order valence-corrected chi connectivity index (χ2v) is 4.38. The van der Waals surface area contributed by atoms with Gasteiger partial charge in [-0.2, -0.15) is 4.98 Å². The zero-order valence-corrected chi connectivity index (χ0v) is 10.9. The van der Waals surface area contributed by atoms with Gasteiger partial charge >= 0.3 is 5.97 Å². The maximum absolute atomic E-state index is 13.4. The first-order valence-electron chi connectivity index (χ1n) is 5.71. The molecule has 1 aromatic rings. The van der Waals surface area contributed by atoms with E-state index in [1.807, 2.05) is 0 Å². The number of alkyl halides is 1. The quantitative estimate of drug-likeness (QED) is 0.597. The van der Waals surface area contributed by atoms with Crippen molar-refractivity contribution in [3.05, 3.63) is 17.8 Å². The first kappa shape index (κ1) is 14.3. The van der Waals surface area contributed by atoms with Gasteiger partial charge in [0.1, 0.15) is 6.17 Å². The molecule has 1 atom stereocenters. The monoisotopic (exact) mass is 256 g/mol. The molecule has 5 nitrogen and oxygen atoms in total. The summed E-state index contributed by atoms with van der Waals surface area (Å²) in [5.74, 6) is -0.0804. The molecule has 1 rings (SSSR count). The number of ether oxygens (including phenoxy) is 1. The second-order valence-electron chi connectivity index (χ2n) is 4.38. The van der Waals surface area contributed by atoms with Gasteiger partial charge in [0, 0.05) is 12.2 Å². The van der Waals surface area contributed by atoms with Crippen molar-refractivity contribution in [2.75, 3.05) is 6.61 Å². The number of aromatic nitrogens is 2. The van der Waals surface area contributed by atoms with Crippen LogP contribution in [0.1, 0.15) is 39.4 Å². The van der Waals surface area contributed by atoms with Gasteiger partial charge in [-0.15, -0.1) is 0 Å². The van der Waals surface area contributed by atoms with E-state index in [0.717, 1.165) is 0 Å². The fraction of sp³-hybridized carbons (Fsp3) is 0.583. The van der Waals surface area contributed by atoms with Crippen molar-refractivity contribution in [1.29, 1.82) is 0 Å². The van der Waals surface area contributed by atoms with E-state index in [9.17, 15) is 9.18 Å². The summed E-state index contributed by atoms with van der Waals surface area (Å²) in [4.78, 5) is 15.1. The molecule has 0 saturated heterocycles. The van der Waals surface area contributed by atoms with Crippen LogP contribution in [0.15, 0.2) is 10.6 Å². The number of nitrogens with zero attached hydrogens (tertiary/aromatic N) is 2. The van der Waals surface area contributed by atoms with Gasteiger partial charge in [-0.1, -0.05) is 5.16 Å². The number of hydrogen-bond donors (Lipinski definition) is 0. The van der Waals surface area contributed by atoms with Crippen LogP contribution in [0.25, 0.3) is 6.08 Å². The van der Waals surface area contributed by atoms with Crippen molar-refractivity contribution in [3.8, 4) is 0 Å². The molecule has 0 bridgehead atoms. The van der Waals surface area contributed by atoms with Gasteiger partial charge in [-0.25, -0.2) is 9.18 Å². The van der Waals surface area contributed by atoms with Gasteiger partial charge < -0.3 is 9.26 Å². The van der Waals surface area contributed by atoms with E-state index in [2.05, 4.69) is 10.1 Å². The molecule has 1 aromatic heterocycles. The Hall–Kier alpha value is -1.72. The van der Waals surface area contributed by atoms with Crippen LogP contribution in [0, 0.1) is 0 Å². The Balaban J connectivity index is 2.78. The third-order valence-corrected chi connectivity index (χ3v) is 2.66. The van der Waals surface area contributed by atoms with Crippen LogP contribution in [-0.2, 0) is 14.9 Å². The minimum absolute atomic E-state index is 0.145. The lowest BCUT2D eigenvalue weighted by molar-refractivity contribution is -0.137. The average Bonchev–Trinajstić information content (AvgIpc) is 2.75. The lowest BCUT2D eigenvalue weighted by Gasteiger charge is -2.21. The van der Waals surface area contributed by atoms with Gasteiger partial charge in [0.2, 0.25) is 0 Å². The average molecular weight is 256 g/mol. The van der Waals surface area contributed by atoms with Crippen LogP contribution in [-0.4, -0.2) is 28.9 Å². The largest absolute Gasteiger partial charge is 0.463 e. The summed E-state index contributed by atoms with van der Waals surface area (Å²) in [7, 11) is 0. The maximum atomic E-state index is 13.4. The lowest BCUT2D eigenvalue weighted by Crippen LogP contribution is -2.29. The predicted octanol–water partition coefficient (Wildman–Crippen LogP) is 2.28. The summed E-state index contributed by atoms with van der Waals surface area (Å²) in [5, 5.41) is 3.70. The summed E-state index contributed by atoms with van der Waals surface area (Å²) < 4.78 is 23.0. The van der Waals surface area contributed by atoms with Gasteiger partial charge in [-0.3, -0.25) is 0 Å². The van der Waals surface area contributed by atoms with E-state index < -0.39 is 17.6 Å². The Morgan fingerprint density at radius 2 is 2.28 bits per heavy atom. The van der Waals surface area contributed by atoms with Crippen molar-refractivity contribution >= 4 is 12.0 Å². The number of carbonyl (C=O) groups is 1. The van der Waals surface area contributed by atoms with Gasteiger partial charge in [0.05, 0.1) is 12.0 Å². The molecule has 0 radical (unpaired) electrons. The van der Waals surface area contributed by atoms with Crippen LogP contribution in [0.4, 0.5) is 4.39 Å². The molecule has 18 heavy (non-hydrogen) atoms. The van der Waals surface area contributed by atoms with E-state index in [0.29, 0.717) is 6.61 Å². The highest BCUT2D eigenvalue weighted by Crippen LogP contribution is 2.26. The van der Waals surface area contributed by atoms with Crippen LogP contribution in [0.3, 0.4) is 0 Å². The van der Waals surface area contributed by atoms with Gasteiger partial charge in [-0.05, 0) is 27.7 Å². The highest BCUT2D eigenvalue weighted by atomic mass is 19.1. The maximum Gasteiger partial charge on any atom is 0.330 e. The first-order valence-corrected chi connectivity index (χ1v) is 5.71. The molecule has 1 unspecified atom stereocenters. The number of halogens is 1. The highest BCUT2D eigenvalue weighted by Gasteiger charge is 2.33. The zero-order valence-electron chi connectivity index (χ0n) is 10.9. The molecule has 0 aliphatic heterocycles. The summed E-state index contributed by atoms with van der Waals surface area (Å²) in [5.41, 5.74) is -0.834. The van der Waals surface area contributed by atoms with Crippen LogP contribution in [0.5, 0.6) is 0 Å². The molecule has 1 heterocycles. The van der Waals surface area contributed by atoms with E-state index in [1.54, 1.807) is 20.8 Å². The van der Waals surface area contributed by atoms with Crippen molar-refractivity contribution in [2.24, 2.45) is 0 Å².